The second-order valence-electron chi connectivity index (χ2n) is 5.12. The molecule has 0 unspecified atom stereocenters. The van der Waals surface area contributed by atoms with E-state index in [4.69, 9.17) is 5.26 Å². The van der Waals surface area contributed by atoms with Crippen molar-refractivity contribution in [3.8, 4) is 6.07 Å². The zero-order valence-corrected chi connectivity index (χ0v) is 11.0. The maximum absolute atomic E-state index is 13.6. The molecule has 18 heavy (non-hydrogen) atoms. The Labute approximate surface area is 108 Å². The highest BCUT2D eigenvalue weighted by Crippen LogP contribution is 2.39. The van der Waals surface area contributed by atoms with Crippen molar-refractivity contribution in [2.45, 2.75) is 33.1 Å². The summed E-state index contributed by atoms with van der Waals surface area (Å²) >= 11 is 0. The molecule has 0 atom stereocenters. The third-order valence-corrected chi connectivity index (χ3v) is 4.38. The molecule has 0 spiro atoms. The Morgan fingerprint density at radius 3 is 2.67 bits per heavy atom. The lowest BCUT2D eigenvalue weighted by atomic mass is 9.82. The molecule has 2 rings (SSSR count). The van der Waals surface area contributed by atoms with Crippen LogP contribution in [0.4, 0.5) is 10.1 Å². The molecule has 1 aromatic carbocycles. The van der Waals surface area contributed by atoms with Gasteiger partial charge < -0.3 is 4.90 Å². The fourth-order valence-corrected chi connectivity index (χ4v) is 2.85. The minimum absolute atomic E-state index is 0.181. The van der Waals surface area contributed by atoms with Crippen LogP contribution in [-0.4, -0.2) is 13.1 Å². The van der Waals surface area contributed by atoms with Crippen LogP contribution >= 0.6 is 0 Å². The van der Waals surface area contributed by atoms with Gasteiger partial charge >= 0.3 is 0 Å². The number of anilines is 1. The molecule has 1 aromatic rings. The molecular formula is C15H19FN2. The van der Waals surface area contributed by atoms with Crippen molar-refractivity contribution < 1.29 is 4.39 Å². The van der Waals surface area contributed by atoms with Gasteiger partial charge in [0.2, 0.25) is 0 Å². The molecular weight excluding hydrogens is 227 g/mol. The Morgan fingerprint density at radius 2 is 2.11 bits per heavy atom. The average molecular weight is 246 g/mol. The molecule has 1 fully saturated rings. The fraction of sp³-hybridized carbons (Fsp3) is 0.533. The maximum atomic E-state index is 13.6. The smallest absolute Gasteiger partial charge is 0.143 e. The second-order valence-corrected chi connectivity index (χ2v) is 5.12. The number of nitriles is 1. The van der Waals surface area contributed by atoms with E-state index in [1.165, 1.54) is 6.07 Å². The topological polar surface area (TPSA) is 27.0 Å². The molecule has 0 N–H and O–H groups in total. The summed E-state index contributed by atoms with van der Waals surface area (Å²) in [6.45, 7) is 6.27. The number of hydrogen-bond donors (Lipinski definition) is 0. The highest BCUT2D eigenvalue weighted by atomic mass is 19.1. The Morgan fingerprint density at radius 1 is 1.39 bits per heavy atom. The van der Waals surface area contributed by atoms with Gasteiger partial charge in [0.15, 0.2) is 0 Å². The van der Waals surface area contributed by atoms with Gasteiger partial charge in [0.25, 0.3) is 0 Å². The van der Waals surface area contributed by atoms with Gasteiger partial charge in [0.1, 0.15) is 17.4 Å². The molecule has 0 saturated carbocycles. The lowest BCUT2D eigenvalue weighted by molar-refractivity contribution is 0.301. The molecule has 1 heterocycles. The normalized spacial score (nSPS) is 17.8. The van der Waals surface area contributed by atoms with Crippen LogP contribution in [-0.2, 0) is 0 Å². The zero-order chi connectivity index (χ0) is 13.2. The Bertz CT molecular complexity index is 472. The quantitative estimate of drug-likeness (QED) is 0.812. The number of nitrogens with zero attached hydrogens (tertiary/aromatic N) is 2. The highest BCUT2D eigenvalue weighted by molar-refractivity contribution is 5.60. The van der Waals surface area contributed by atoms with Crippen LogP contribution < -0.4 is 4.90 Å². The van der Waals surface area contributed by atoms with E-state index in [1.54, 1.807) is 6.07 Å². The number of benzene rings is 1. The molecule has 2 nitrogen and oxygen atoms in total. The first-order valence-corrected chi connectivity index (χ1v) is 6.59. The molecule has 0 aliphatic carbocycles. The first kappa shape index (κ1) is 12.9. The molecule has 0 aromatic heterocycles. The highest BCUT2D eigenvalue weighted by Gasteiger charge is 2.35. The third kappa shape index (κ3) is 2.08. The summed E-state index contributed by atoms with van der Waals surface area (Å²) in [5.41, 5.74) is 1.26. The standard InChI is InChI=1S/C15H19FN2/c1-3-15(4-2)8-9-18(11-15)14-7-5-6-13(16)12(14)10-17/h5-7H,3-4,8-9,11H2,1-2H3. The van der Waals surface area contributed by atoms with E-state index in [9.17, 15) is 4.39 Å². The van der Waals surface area contributed by atoms with Crippen molar-refractivity contribution in [2.24, 2.45) is 5.41 Å². The monoisotopic (exact) mass is 246 g/mol. The van der Waals surface area contributed by atoms with Crippen molar-refractivity contribution >= 4 is 5.69 Å². The second kappa shape index (κ2) is 4.97. The first-order valence-electron chi connectivity index (χ1n) is 6.59. The first-order chi connectivity index (χ1) is 8.65. The van der Waals surface area contributed by atoms with E-state index >= 15 is 0 Å². The summed E-state index contributed by atoms with van der Waals surface area (Å²) < 4.78 is 13.6. The van der Waals surface area contributed by atoms with Gasteiger partial charge in [0, 0.05) is 13.1 Å². The van der Waals surface area contributed by atoms with E-state index in [2.05, 4.69) is 18.7 Å². The number of halogens is 1. The van der Waals surface area contributed by atoms with E-state index in [-0.39, 0.29) is 5.56 Å². The van der Waals surface area contributed by atoms with Gasteiger partial charge in [-0.2, -0.15) is 5.26 Å². The van der Waals surface area contributed by atoms with Crippen LogP contribution in [0.1, 0.15) is 38.7 Å². The summed E-state index contributed by atoms with van der Waals surface area (Å²) in [4.78, 5) is 2.16. The third-order valence-electron chi connectivity index (χ3n) is 4.38. The van der Waals surface area contributed by atoms with Gasteiger partial charge in [-0.15, -0.1) is 0 Å². The van der Waals surface area contributed by atoms with Crippen LogP contribution in [0, 0.1) is 22.6 Å². The van der Waals surface area contributed by atoms with Gasteiger partial charge in [0.05, 0.1) is 5.69 Å². The largest absolute Gasteiger partial charge is 0.370 e. The SMILES string of the molecule is CCC1(CC)CCN(c2cccc(F)c2C#N)C1. The average Bonchev–Trinajstić information content (AvgIpc) is 2.83. The molecule has 1 aliphatic rings. The minimum Gasteiger partial charge on any atom is -0.370 e. The van der Waals surface area contributed by atoms with Gasteiger partial charge in [-0.3, -0.25) is 0 Å². The summed E-state index contributed by atoms with van der Waals surface area (Å²) in [5.74, 6) is -0.416. The molecule has 0 amide bonds. The van der Waals surface area contributed by atoms with Crippen LogP contribution in [0.5, 0.6) is 0 Å². The van der Waals surface area contributed by atoms with E-state index < -0.39 is 5.82 Å². The van der Waals surface area contributed by atoms with Crippen LogP contribution in [0.2, 0.25) is 0 Å². The van der Waals surface area contributed by atoms with Gasteiger partial charge in [-0.1, -0.05) is 19.9 Å². The summed E-state index contributed by atoms with van der Waals surface area (Å²) in [7, 11) is 0. The molecule has 96 valence electrons. The predicted octanol–water partition coefficient (Wildman–Crippen LogP) is 3.71. The van der Waals surface area contributed by atoms with Crippen LogP contribution in [0.15, 0.2) is 18.2 Å². The van der Waals surface area contributed by atoms with Gasteiger partial charge in [-0.05, 0) is 36.8 Å². The predicted molar refractivity (Wildman–Crippen MR) is 71.0 cm³/mol. The number of rotatable bonds is 3. The summed E-state index contributed by atoms with van der Waals surface area (Å²) in [5, 5.41) is 9.09. The maximum Gasteiger partial charge on any atom is 0.143 e. The minimum atomic E-state index is -0.416. The Kier molecular flexibility index (Phi) is 3.56. The van der Waals surface area contributed by atoms with Crippen LogP contribution in [0.25, 0.3) is 0 Å². The molecule has 3 heteroatoms. The van der Waals surface area contributed by atoms with Gasteiger partial charge in [-0.25, -0.2) is 4.39 Å². The van der Waals surface area contributed by atoms with Crippen molar-refractivity contribution in [1.82, 2.24) is 0 Å². The van der Waals surface area contributed by atoms with Crippen molar-refractivity contribution in [1.29, 1.82) is 5.26 Å². The zero-order valence-electron chi connectivity index (χ0n) is 11.0. The fourth-order valence-electron chi connectivity index (χ4n) is 2.85. The molecule has 0 radical (unpaired) electrons. The molecule has 1 aliphatic heterocycles. The molecule has 0 bridgehead atoms. The van der Waals surface area contributed by atoms with E-state index in [1.807, 2.05) is 12.1 Å². The van der Waals surface area contributed by atoms with E-state index in [0.29, 0.717) is 5.41 Å². The van der Waals surface area contributed by atoms with Crippen LogP contribution in [0.3, 0.4) is 0 Å². The van der Waals surface area contributed by atoms with Crippen molar-refractivity contribution in [3.05, 3.63) is 29.6 Å². The molecule has 1 saturated heterocycles. The summed E-state index contributed by atoms with van der Waals surface area (Å²) in [6, 6.07) is 6.87. The lowest BCUT2D eigenvalue weighted by Crippen LogP contribution is -2.26. The number of hydrogen-bond acceptors (Lipinski definition) is 2. The Hall–Kier alpha value is -1.56. The van der Waals surface area contributed by atoms with E-state index in [0.717, 1.165) is 38.0 Å². The Balaban J connectivity index is 2.30. The van der Waals surface area contributed by atoms with Crippen molar-refractivity contribution in [3.63, 3.8) is 0 Å². The summed E-state index contributed by atoms with van der Waals surface area (Å²) in [6.07, 6.45) is 3.40. The lowest BCUT2D eigenvalue weighted by Gasteiger charge is -2.27. The van der Waals surface area contributed by atoms with Crippen molar-refractivity contribution in [2.75, 3.05) is 18.0 Å².